The van der Waals surface area contributed by atoms with Crippen molar-refractivity contribution >= 4 is 5.91 Å². The first-order valence-corrected chi connectivity index (χ1v) is 9.09. The number of hydrogen-bond acceptors (Lipinski definition) is 3. The third kappa shape index (κ3) is 3.50. The Morgan fingerprint density at radius 3 is 2.58 bits per heavy atom. The van der Waals surface area contributed by atoms with Crippen molar-refractivity contribution in [3.05, 3.63) is 34.4 Å². The predicted octanol–water partition coefficient (Wildman–Crippen LogP) is 2.84. The Kier molecular flexibility index (Phi) is 4.97. The Bertz CT molecular complexity index is 626. The molecule has 2 aliphatic rings. The minimum Gasteiger partial charge on any atom is -0.375 e. The third-order valence-corrected chi connectivity index (χ3v) is 5.61. The van der Waals surface area contributed by atoms with Gasteiger partial charge in [-0.1, -0.05) is 19.9 Å². The maximum Gasteiger partial charge on any atom is 0.251 e. The highest BCUT2D eigenvalue weighted by molar-refractivity contribution is 5.96. The zero-order valence-corrected chi connectivity index (χ0v) is 15.6. The van der Waals surface area contributed by atoms with Gasteiger partial charge < -0.3 is 10.1 Å². The van der Waals surface area contributed by atoms with Crippen molar-refractivity contribution < 1.29 is 9.53 Å². The van der Waals surface area contributed by atoms with Crippen molar-refractivity contribution in [2.75, 3.05) is 19.7 Å². The third-order valence-electron chi connectivity index (χ3n) is 5.61. The molecule has 2 fully saturated rings. The topological polar surface area (TPSA) is 41.6 Å². The van der Waals surface area contributed by atoms with Gasteiger partial charge in [-0.25, -0.2) is 0 Å². The van der Waals surface area contributed by atoms with E-state index in [-0.39, 0.29) is 11.9 Å². The van der Waals surface area contributed by atoms with Crippen molar-refractivity contribution in [1.29, 1.82) is 0 Å². The van der Waals surface area contributed by atoms with Crippen LogP contribution < -0.4 is 5.32 Å². The van der Waals surface area contributed by atoms with Crippen molar-refractivity contribution in [3.8, 4) is 0 Å². The number of nitrogens with one attached hydrogen (secondary N) is 1. The quantitative estimate of drug-likeness (QED) is 0.926. The molecule has 1 aromatic rings. The van der Waals surface area contributed by atoms with E-state index in [1.165, 1.54) is 11.1 Å². The van der Waals surface area contributed by atoms with Gasteiger partial charge in [0, 0.05) is 30.7 Å². The second kappa shape index (κ2) is 6.85. The number of carbonyl (C=O) groups excluding carboxylic acids is 1. The average molecular weight is 330 g/mol. The number of ether oxygens (including phenoxy) is 1. The summed E-state index contributed by atoms with van der Waals surface area (Å²) in [5.41, 5.74) is 4.26. The Balaban J connectivity index is 1.64. The van der Waals surface area contributed by atoms with Crippen LogP contribution in [0.15, 0.2) is 12.1 Å². The van der Waals surface area contributed by atoms with Gasteiger partial charge in [-0.05, 0) is 55.9 Å². The summed E-state index contributed by atoms with van der Waals surface area (Å²) < 4.78 is 5.98. The number of nitrogens with zero attached hydrogens (tertiary/aromatic N) is 1. The molecule has 0 radical (unpaired) electrons. The first-order valence-electron chi connectivity index (χ1n) is 9.09. The van der Waals surface area contributed by atoms with Crippen molar-refractivity contribution in [2.45, 2.75) is 59.2 Å². The van der Waals surface area contributed by atoms with Crippen molar-refractivity contribution in [1.82, 2.24) is 10.2 Å². The highest BCUT2D eigenvalue weighted by Crippen LogP contribution is 2.26. The molecule has 1 amide bonds. The fraction of sp³-hybridized carbons (Fsp3) is 0.650. The smallest absolute Gasteiger partial charge is 0.251 e. The molecule has 1 N–H and O–H groups in total. The summed E-state index contributed by atoms with van der Waals surface area (Å²) in [6.45, 7) is 13.3. The lowest BCUT2D eigenvalue weighted by atomic mass is 10.00. The maximum atomic E-state index is 12.7. The van der Waals surface area contributed by atoms with Gasteiger partial charge in [-0.15, -0.1) is 0 Å². The first kappa shape index (κ1) is 17.4. The van der Waals surface area contributed by atoms with Crippen LogP contribution in [0.25, 0.3) is 0 Å². The van der Waals surface area contributed by atoms with Crippen LogP contribution in [0.5, 0.6) is 0 Å². The Morgan fingerprint density at radius 2 is 1.88 bits per heavy atom. The molecule has 4 nitrogen and oxygen atoms in total. The van der Waals surface area contributed by atoms with E-state index in [2.05, 4.69) is 44.0 Å². The summed E-state index contributed by atoms with van der Waals surface area (Å²) in [5.74, 6) is 0.597. The van der Waals surface area contributed by atoms with Crippen LogP contribution in [0.4, 0.5) is 0 Å². The number of fused-ring (bicyclic) bond motifs is 1. The molecule has 0 spiro atoms. The molecule has 4 heteroatoms. The van der Waals surface area contributed by atoms with Crippen LogP contribution in [0.3, 0.4) is 0 Å². The molecule has 0 aliphatic carbocycles. The molecular formula is C20H30N2O2. The molecule has 0 saturated carbocycles. The summed E-state index contributed by atoms with van der Waals surface area (Å²) in [6.07, 6.45) is 1.30. The highest BCUT2D eigenvalue weighted by atomic mass is 16.5. The van der Waals surface area contributed by atoms with Gasteiger partial charge in [0.15, 0.2) is 0 Å². The van der Waals surface area contributed by atoms with Gasteiger partial charge in [0.2, 0.25) is 0 Å². The van der Waals surface area contributed by atoms with E-state index in [4.69, 9.17) is 4.74 Å². The number of hydrogen-bond donors (Lipinski definition) is 1. The first-order chi connectivity index (χ1) is 11.3. The molecule has 2 heterocycles. The number of amides is 1. The maximum absolute atomic E-state index is 12.7. The van der Waals surface area contributed by atoms with Crippen LogP contribution in [-0.2, 0) is 4.74 Å². The van der Waals surface area contributed by atoms with Crippen LogP contribution >= 0.6 is 0 Å². The van der Waals surface area contributed by atoms with E-state index >= 15 is 0 Å². The molecule has 1 aromatic carbocycles. The normalized spacial score (nSPS) is 27.3. The van der Waals surface area contributed by atoms with E-state index in [9.17, 15) is 4.79 Å². The Labute approximate surface area is 145 Å². The molecule has 3 rings (SSSR count). The van der Waals surface area contributed by atoms with Gasteiger partial charge in [0.05, 0.1) is 12.7 Å². The predicted molar refractivity (Wildman–Crippen MR) is 96.5 cm³/mol. The van der Waals surface area contributed by atoms with E-state index in [1.807, 2.05) is 13.0 Å². The van der Waals surface area contributed by atoms with Gasteiger partial charge in [0.25, 0.3) is 5.91 Å². The lowest BCUT2D eigenvalue weighted by Gasteiger charge is -2.36. The average Bonchev–Trinajstić information content (AvgIpc) is 2.91. The number of carbonyl (C=O) groups is 1. The lowest BCUT2D eigenvalue weighted by molar-refractivity contribution is -0.0683. The van der Waals surface area contributed by atoms with Crippen LogP contribution in [0.2, 0.25) is 0 Å². The van der Waals surface area contributed by atoms with Gasteiger partial charge in [-0.2, -0.15) is 0 Å². The van der Waals surface area contributed by atoms with Gasteiger partial charge in [-0.3, -0.25) is 9.69 Å². The summed E-state index contributed by atoms with van der Waals surface area (Å²) in [6, 6.07) is 4.79. The van der Waals surface area contributed by atoms with Crippen LogP contribution in [0.1, 0.15) is 47.3 Å². The fourth-order valence-electron chi connectivity index (χ4n) is 3.88. The van der Waals surface area contributed by atoms with Crippen molar-refractivity contribution in [2.24, 2.45) is 5.92 Å². The second-order valence-corrected chi connectivity index (χ2v) is 7.88. The summed E-state index contributed by atoms with van der Waals surface area (Å²) in [5, 5.41) is 3.25. The van der Waals surface area contributed by atoms with E-state index in [0.717, 1.165) is 37.2 Å². The molecule has 0 unspecified atom stereocenters. The van der Waals surface area contributed by atoms with E-state index in [0.29, 0.717) is 18.1 Å². The zero-order chi connectivity index (χ0) is 17.4. The molecule has 2 aliphatic heterocycles. The van der Waals surface area contributed by atoms with Crippen molar-refractivity contribution in [3.63, 3.8) is 0 Å². The van der Waals surface area contributed by atoms with Crippen LogP contribution in [-0.4, -0.2) is 48.7 Å². The SMILES string of the molecule is Cc1cc(C)c(C(=O)N[C@H]2C[C@H]3CO[C@H](C(C)C)CN3C2)cc1C. The van der Waals surface area contributed by atoms with E-state index in [1.54, 1.807) is 0 Å². The molecule has 24 heavy (non-hydrogen) atoms. The van der Waals surface area contributed by atoms with Crippen LogP contribution in [0, 0.1) is 26.7 Å². The molecule has 132 valence electrons. The minimum atomic E-state index is 0.0572. The minimum absolute atomic E-state index is 0.0572. The number of aryl methyl sites for hydroxylation is 3. The lowest BCUT2D eigenvalue weighted by Crippen LogP contribution is -2.48. The second-order valence-electron chi connectivity index (χ2n) is 7.88. The van der Waals surface area contributed by atoms with Gasteiger partial charge in [0.1, 0.15) is 0 Å². The van der Waals surface area contributed by atoms with E-state index < -0.39 is 0 Å². The molecule has 3 atom stereocenters. The number of morpholine rings is 1. The standard InChI is InChI=1S/C20H30N2O2/c1-12(2)19-10-22-9-16(8-17(22)11-24-19)21-20(23)18-7-14(4)13(3)6-15(18)5/h6-7,12,16-17,19H,8-11H2,1-5H3,(H,21,23)/t16-,17-,19-/m0/s1. The fourth-order valence-corrected chi connectivity index (χ4v) is 3.88. The summed E-state index contributed by atoms with van der Waals surface area (Å²) in [4.78, 5) is 15.2. The largest absolute Gasteiger partial charge is 0.375 e. The molecule has 0 aromatic heterocycles. The summed E-state index contributed by atoms with van der Waals surface area (Å²) in [7, 11) is 0. The Morgan fingerprint density at radius 1 is 1.17 bits per heavy atom. The Hall–Kier alpha value is -1.39. The highest BCUT2D eigenvalue weighted by Gasteiger charge is 2.38. The number of benzene rings is 1. The zero-order valence-electron chi connectivity index (χ0n) is 15.6. The molecule has 0 bridgehead atoms. The summed E-state index contributed by atoms with van der Waals surface area (Å²) >= 11 is 0. The molecular weight excluding hydrogens is 300 g/mol. The monoisotopic (exact) mass is 330 g/mol. The van der Waals surface area contributed by atoms with Gasteiger partial charge >= 0.3 is 0 Å². The molecule has 2 saturated heterocycles. The number of rotatable bonds is 3.